The van der Waals surface area contributed by atoms with Gasteiger partial charge in [-0.1, -0.05) is 25.6 Å². The lowest BCUT2D eigenvalue weighted by Crippen LogP contribution is -2.39. The SMILES string of the molecule is CC1(C)CC(=O)C2SC(N)=NC2C1. The van der Waals surface area contributed by atoms with Gasteiger partial charge in [-0.05, 0) is 11.8 Å². The number of aliphatic imine (C=N–C) groups is 1. The summed E-state index contributed by atoms with van der Waals surface area (Å²) in [6.07, 6.45) is 1.65. The highest BCUT2D eigenvalue weighted by Gasteiger charge is 2.44. The Morgan fingerprint density at radius 2 is 2.31 bits per heavy atom. The molecule has 2 unspecified atom stereocenters. The molecule has 2 aliphatic rings. The topological polar surface area (TPSA) is 55.5 Å². The molecule has 0 aromatic heterocycles. The predicted octanol–water partition coefficient (Wildman–Crippen LogP) is 1.17. The molecule has 1 saturated carbocycles. The zero-order chi connectivity index (χ0) is 9.64. The smallest absolute Gasteiger partial charge is 0.155 e. The van der Waals surface area contributed by atoms with E-state index in [-0.39, 0.29) is 16.7 Å². The molecule has 2 N–H and O–H groups in total. The Hall–Kier alpha value is -0.510. The van der Waals surface area contributed by atoms with Crippen molar-refractivity contribution in [2.24, 2.45) is 16.1 Å². The Morgan fingerprint density at radius 3 is 3.00 bits per heavy atom. The Labute approximate surface area is 82.2 Å². The minimum Gasteiger partial charge on any atom is -0.379 e. The van der Waals surface area contributed by atoms with Crippen molar-refractivity contribution in [3.05, 3.63) is 0 Å². The van der Waals surface area contributed by atoms with E-state index in [0.29, 0.717) is 17.4 Å². The molecule has 2 rings (SSSR count). The quantitative estimate of drug-likeness (QED) is 0.635. The van der Waals surface area contributed by atoms with Gasteiger partial charge in [-0.25, -0.2) is 0 Å². The molecule has 0 saturated heterocycles. The van der Waals surface area contributed by atoms with Crippen LogP contribution in [0.5, 0.6) is 0 Å². The molecule has 1 aliphatic heterocycles. The van der Waals surface area contributed by atoms with Crippen molar-refractivity contribution < 1.29 is 4.79 Å². The zero-order valence-electron chi connectivity index (χ0n) is 7.91. The number of rotatable bonds is 0. The van der Waals surface area contributed by atoms with E-state index in [1.165, 1.54) is 11.8 Å². The molecule has 4 heteroatoms. The fourth-order valence-corrected chi connectivity index (χ4v) is 3.10. The van der Waals surface area contributed by atoms with Gasteiger partial charge in [0.25, 0.3) is 0 Å². The molecule has 0 aromatic rings. The molecule has 3 nitrogen and oxygen atoms in total. The summed E-state index contributed by atoms with van der Waals surface area (Å²) in [7, 11) is 0. The molecule has 13 heavy (non-hydrogen) atoms. The standard InChI is InChI=1S/C9H14N2OS/c1-9(2)3-5-7(6(12)4-9)13-8(10)11-5/h5,7H,3-4H2,1-2H3,(H2,10,11). The predicted molar refractivity (Wildman–Crippen MR) is 54.8 cm³/mol. The average molecular weight is 198 g/mol. The summed E-state index contributed by atoms with van der Waals surface area (Å²) >= 11 is 1.44. The molecule has 2 atom stereocenters. The van der Waals surface area contributed by atoms with E-state index in [4.69, 9.17) is 5.73 Å². The van der Waals surface area contributed by atoms with E-state index in [0.717, 1.165) is 6.42 Å². The number of Topliss-reactive ketones (excluding diaryl/α,β-unsaturated/α-hetero) is 1. The summed E-state index contributed by atoms with van der Waals surface area (Å²) < 4.78 is 0. The van der Waals surface area contributed by atoms with E-state index in [1.54, 1.807) is 0 Å². The maximum atomic E-state index is 11.7. The first-order chi connectivity index (χ1) is 5.98. The summed E-state index contributed by atoms with van der Waals surface area (Å²) in [6, 6.07) is 0.140. The number of amidine groups is 1. The number of carbonyl (C=O) groups is 1. The first-order valence-electron chi connectivity index (χ1n) is 4.51. The Bertz CT molecular complexity index is 285. The zero-order valence-corrected chi connectivity index (χ0v) is 8.73. The van der Waals surface area contributed by atoms with Crippen LogP contribution in [0.15, 0.2) is 4.99 Å². The second-order valence-electron chi connectivity index (χ2n) is 4.58. The second-order valence-corrected chi connectivity index (χ2v) is 5.75. The number of thioether (sulfide) groups is 1. The molecule has 1 fully saturated rings. The number of hydrogen-bond acceptors (Lipinski definition) is 4. The molecule has 0 radical (unpaired) electrons. The Balaban J connectivity index is 2.21. The van der Waals surface area contributed by atoms with Crippen LogP contribution in [-0.4, -0.2) is 22.2 Å². The molecular formula is C9H14N2OS. The molecule has 1 aliphatic carbocycles. The molecule has 0 bridgehead atoms. The minimum absolute atomic E-state index is 0.0213. The molecule has 0 spiro atoms. The van der Waals surface area contributed by atoms with Crippen LogP contribution in [0, 0.1) is 5.41 Å². The summed E-state index contributed by atoms with van der Waals surface area (Å²) in [5.74, 6) is 0.315. The highest BCUT2D eigenvalue weighted by molar-refractivity contribution is 8.15. The van der Waals surface area contributed by atoms with Crippen molar-refractivity contribution in [1.29, 1.82) is 0 Å². The number of hydrogen-bond donors (Lipinski definition) is 1. The molecule has 1 heterocycles. The summed E-state index contributed by atoms with van der Waals surface area (Å²) in [5, 5.41) is 0.606. The van der Waals surface area contributed by atoms with Crippen LogP contribution < -0.4 is 5.73 Å². The fourth-order valence-electron chi connectivity index (χ4n) is 2.11. The van der Waals surface area contributed by atoms with E-state index in [2.05, 4.69) is 18.8 Å². The number of nitrogens with zero attached hydrogens (tertiary/aromatic N) is 1. The third-order valence-electron chi connectivity index (χ3n) is 2.62. The highest BCUT2D eigenvalue weighted by Crippen LogP contribution is 2.42. The van der Waals surface area contributed by atoms with Gasteiger partial charge in [0.15, 0.2) is 5.17 Å². The fraction of sp³-hybridized carbons (Fsp3) is 0.778. The molecule has 0 amide bonds. The molecular weight excluding hydrogens is 184 g/mol. The lowest BCUT2D eigenvalue weighted by Gasteiger charge is -2.34. The lowest BCUT2D eigenvalue weighted by molar-refractivity contribution is -0.122. The molecule has 72 valence electrons. The van der Waals surface area contributed by atoms with E-state index >= 15 is 0 Å². The minimum atomic E-state index is 0.0213. The van der Waals surface area contributed by atoms with E-state index in [1.807, 2.05) is 0 Å². The Kier molecular flexibility index (Phi) is 1.91. The maximum absolute atomic E-state index is 11.7. The van der Waals surface area contributed by atoms with E-state index < -0.39 is 0 Å². The van der Waals surface area contributed by atoms with Crippen LogP contribution in [0.3, 0.4) is 0 Å². The maximum Gasteiger partial charge on any atom is 0.155 e. The van der Waals surface area contributed by atoms with Crippen molar-refractivity contribution in [3.8, 4) is 0 Å². The van der Waals surface area contributed by atoms with Gasteiger partial charge < -0.3 is 5.73 Å². The van der Waals surface area contributed by atoms with Crippen LogP contribution in [0.4, 0.5) is 0 Å². The highest BCUT2D eigenvalue weighted by atomic mass is 32.2. The summed E-state index contributed by atoms with van der Waals surface area (Å²) in [6.45, 7) is 4.24. The van der Waals surface area contributed by atoms with Gasteiger partial charge in [-0.2, -0.15) is 0 Å². The van der Waals surface area contributed by atoms with Crippen LogP contribution in [-0.2, 0) is 4.79 Å². The third kappa shape index (κ3) is 1.59. The van der Waals surface area contributed by atoms with Crippen molar-refractivity contribution >= 4 is 22.7 Å². The van der Waals surface area contributed by atoms with Crippen molar-refractivity contribution in [3.63, 3.8) is 0 Å². The van der Waals surface area contributed by atoms with Crippen LogP contribution in [0.2, 0.25) is 0 Å². The number of carbonyl (C=O) groups excluding carboxylic acids is 1. The first-order valence-corrected chi connectivity index (χ1v) is 5.39. The van der Waals surface area contributed by atoms with Gasteiger partial charge in [-0.3, -0.25) is 9.79 Å². The average Bonchev–Trinajstić information content (AvgIpc) is 2.27. The summed E-state index contributed by atoms with van der Waals surface area (Å²) in [5.41, 5.74) is 5.71. The van der Waals surface area contributed by atoms with Gasteiger partial charge in [0.2, 0.25) is 0 Å². The van der Waals surface area contributed by atoms with E-state index in [9.17, 15) is 4.79 Å². The molecule has 0 aromatic carbocycles. The number of fused-ring (bicyclic) bond motifs is 1. The van der Waals surface area contributed by atoms with Crippen molar-refractivity contribution in [2.45, 2.75) is 38.0 Å². The number of nitrogens with two attached hydrogens (primary N) is 1. The normalized spacial score (nSPS) is 37.1. The largest absolute Gasteiger partial charge is 0.379 e. The lowest BCUT2D eigenvalue weighted by atomic mass is 9.74. The van der Waals surface area contributed by atoms with Crippen molar-refractivity contribution in [1.82, 2.24) is 0 Å². The monoisotopic (exact) mass is 198 g/mol. The van der Waals surface area contributed by atoms with Crippen LogP contribution >= 0.6 is 11.8 Å². The second kappa shape index (κ2) is 2.74. The van der Waals surface area contributed by atoms with Gasteiger partial charge in [0, 0.05) is 6.42 Å². The first kappa shape index (κ1) is 9.06. The van der Waals surface area contributed by atoms with Crippen LogP contribution in [0.25, 0.3) is 0 Å². The van der Waals surface area contributed by atoms with Gasteiger partial charge in [0.05, 0.1) is 11.3 Å². The Morgan fingerprint density at radius 1 is 1.62 bits per heavy atom. The van der Waals surface area contributed by atoms with Gasteiger partial charge in [-0.15, -0.1) is 0 Å². The van der Waals surface area contributed by atoms with Gasteiger partial charge in [0.1, 0.15) is 5.78 Å². The van der Waals surface area contributed by atoms with Crippen LogP contribution in [0.1, 0.15) is 26.7 Å². The van der Waals surface area contributed by atoms with Gasteiger partial charge >= 0.3 is 0 Å². The number of ketones is 1. The van der Waals surface area contributed by atoms with Crippen molar-refractivity contribution in [2.75, 3.05) is 0 Å². The summed E-state index contributed by atoms with van der Waals surface area (Å²) in [4.78, 5) is 16.0. The third-order valence-corrected chi connectivity index (χ3v) is 3.80.